The van der Waals surface area contributed by atoms with E-state index in [1.807, 2.05) is 30.3 Å². The first-order valence-electron chi connectivity index (χ1n) is 10.1. The fourth-order valence-corrected chi connectivity index (χ4v) is 4.00. The van der Waals surface area contributed by atoms with E-state index in [0.29, 0.717) is 35.7 Å². The number of halogens is 1. The Kier molecular flexibility index (Phi) is 8.63. The number of benzene rings is 2. The molecule has 1 unspecified atom stereocenters. The second kappa shape index (κ2) is 10.8. The second-order valence-electron chi connectivity index (χ2n) is 8.22. The summed E-state index contributed by atoms with van der Waals surface area (Å²) >= 11 is 6.39. The third-order valence-electron chi connectivity index (χ3n) is 4.79. The predicted molar refractivity (Wildman–Crippen MR) is 125 cm³/mol. The molecule has 1 atom stereocenters. The van der Waals surface area contributed by atoms with Crippen LogP contribution in [0.2, 0.25) is 5.02 Å². The lowest BCUT2D eigenvalue weighted by Gasteiger charge is -2.19. The zero-order chi connectivity index (χ0) is 23.1. The first-order valence-corrected chi connectivity index (χ1v) is 11.9. The molecule has 0 saturated carbocycles. The molecule has 2 aromatic carbocycles. The average molecular weight is 462 g/mol. The molecule has 31 heavy (non-hydrogen) atoms. The van der Waals surface area contributed by atoms with Crippen molar-refractivity contribution in [3.63, 3.8) is 0 Å². The van der Waals surface area contributed by atoms with E-state index in [-0.39, 0.29) is 12.3 Å². The average Bonchev–Trinajstić information content (AvgIpc) is 2.69. The summed E-state index contributed by atoms with van der Waals surface area (Å²) in [7, 11) is -3.37. The Bertz CT molecular complexity index is 1040. The maximum atomic E-state index is 12.2. The standard InChI is InChI=1S/C23H28ClN3O3S/c1-23(2,3)31(29,30)26-14-8-7-11-22(28)27-18-12-13-19(21(24)15-18)20(16-25)17-9-5-4-6-10-17/h4-6,9-10,12-13,15,20,26H,7-8,11,14H2,1-3H3,(H,27,28). The van der Waals surface area contributed by atoms with Gasteiger partial charge in [0.2, 0.25) is 15.9 Å². The first kappa shape index (κ1) is 24.9. The molecule has 0 aromatic heterocycles. The van der Waals surface area contributed by atoms with E-state index in [1.165, 1.54) is 0 Å². The van der Waals surface area contributed by atoms with Crippen molar-refractivity contribution in [2.75, 3.05) is 11.9 Å². The van der Waals surface area contributed by atoms with Crippen LogP contribution in [0.25, 0.3) is 0 Å². The summed E-state index contributed by atoms with van der Waals surface area (Å²) < 4.78 is 25.7. The molecule has 0 heterocycles. The molecule has 0 bridgehead atoms. The van der Waals surface area contributed by atoms with Crippen molar-refractivity contribution in [3.05, 3.63) is 64.7 Å². The molecule has 0 saturated heterocycles. The van der Waals surface area contributed by atoms with Crippen LogP contribution < -0.4 is 10.0 Å². The number of hydrogen-bond acceptors (Lipinski definition) is 4. The van der Waals surface area contributed by atoms with Gasteiger partial charge in [0, 0.05) is 23.7 Å². The number of nitrogens with zero attached hydrogens (tertiary/aromatic N) is 1. The van der Waals surface area contributed by atoms with Crippen LogP contribution in [0.4, 0.5) is 5.69 Å². The van der Waals surface area contributed by atoms with Gasteiger partial charge in [-0.15, -0.1) is 0 Å². The van der Waals surface area contributed by atoms with Crippen molar-refractivity contribution in [2.45, 2.75) is 50.7 Å². The number of rotatable bonds is 9. The lowest BCUT2D eigenvalue weighted by molar-refractivity contribution is -0.116. The summed E-state index contributed by atoms with van der Waals surface area (Å²) in [5.41, 5.74) is 2.09. The van der Waals surface area contributed by atoms with Crippen LogP contribution in [0.15, 0.2) is 48.5 Å². The van der Waals surface area contributed by atoms with Gasteiger partial charge in [-0.25, -0.2) is 13.1 Å². The van der Waals surface area contributed by atoms with Crippen molar-refractivity contribution >= 4 is 33.2 Å². The largest absolute Gasteiger partial charge is 0.326 e. The fourth-order valence-electron chi connectivity index (χ4n) is 2.87. The molecule has 2 N–H and O–H groups in total. The van der Waals surface area contributed by atoms with Gasteiger partial charge in [0.15, 0.2) is 0 Å². The molecular formula is C23H28ClN3O3S. The molecule has 0 fully saturated rings. The van der Waals surface area contributed by atoms with Crippen LogP contribution in [0.5, 0.6) is 0 Å². The van der Waals surface area contributed by atoms with Crippen LogP contribution >= 0.6 is 11.6 Å². The van der Waals surface area contributed by atoms with Crippen LogP contribution in [-0.4, -0.2) is 25.6 Å². The fraction of sp³-hybridized carbons (Fsp3) is 0.391. The highest BCUT2D eigenvalue weighted by Gasteiger charge is 2.28. The van der Waals surface area contributed by atoms with Gasteiger partial charge < -0.3 is 5.32 Å². The summed E-state index contributed by atoms with van der Waals surface area (Å²) in [6.45, 7) is 5.20. The Balaban J connectivity index is 1.88. The topological polar surface area (TPSA) is 99.1 Å². The third kappa shape index (κ3) is 7.06. The third-order valence-corrected chi connectivity index (χ3v) is 7.31. The molecule has 0 aliphatic rings. The van der Waals surface area contributed by atoms with Crippen molar-refractivity contribution in [1.82, 2.24) is 4.72 Å². The Morgan fingerprint density at radius 1 is 1.13 bits per heavy atom. The van der Waals surface area contributed by atoms with Crippen LogP contribution in [0.3, 0.4) is 0 Å². The SMILES string of the molecule is CC(C)(C)S(=O)(=O)NCCCCC(=O)Nc1ccc(C(C#N)c2ccccc2)c(Cl)c1. The van der Waals surface area contributed by atoms with E-state index < -0.39 is 20.7 Å². The molecule has 2 aromatic rings. The maximum Gasteiger partial charge on any atom is 0.224 e. The number of carbonyl (C=O) groups is 1. The number of unbranched alkanes of at least 4 members (excludes halogenated alkanes) is 1. The molecule has 1 amide bonds. The minimum absolute atomic E-state index is 0.178. The number of anilines is 1. The van der Waals surface area contributed by atoms with Gasteiger partial charge in [0.05, 0.1) is 16.7 Å². The van der Waals surface area contributed by atoms with E-state index in [0.717, 1.165) is 5.56 Å². The highest BCUT2D eigenvalue weighted by molar-refractivity contribution is 7.90. The molecular weight excluding hydrogens is 434 g/mol. The number of amides is 1. The summed E-state index contributed by atoms with van der Waals surface area (Å²) in [5.74, 6) is -0.669. The van der Waals surface area contributed by atoms with Crippen molar-refractivity contribution in [3.8, 4) is 6.07 Å². The molecule has 0 spiro atoms. The Hall–Kier alpha value is -2.40. The van der Waals surface area contributed by atoms with E-state index in [9.17, 15) is 18.5 Å². The highest BCUT2D eigenvalue weighted by Crippen LogP contribution is 2.31. The van der Waals surface area contributed by atoms with Crippen molar-refractivity contribution < 1.29 is 13.2 Å². The number of sulfonamides is 1. The quantitative estimate of drug-likeness (QED) is 0.523. The summed E-state index contributed by atoms with van der Waals surface area (Å²) in [6, 6.07) is 16.8. The van der Waals surface area contributed by atoms with E-state index in [4.69, 9.17) is 11.6 Å². The number of carbonyl (C=O) groups excluding carboxylic acids is 1. The summed E-state index contributed by atoms with van der Waals surface area (Å²) in [4.78, 5) is 12.2. The van der Waals surface area contributed by atoms with Crippen molar-refractivity contribution in [1.29, 1.82) is 5.26 Å². The molecule has 8 heteroatoms. The van der Waals surface area contributed by atoms with Crippen molar-refractivity contribution in [2.24, 2.45) is 0 Å². The molecule has 6 nitrogen and oxygen atoms in total. The molecule has 0 radical (unpaired) electrons. The van der Waals surface area contributed by atoms with Crippen LogP contribution in [-0.2, 0) is 14.8 Å². The predicted octanol–water partition coefficient (Wildman–Crippen LogP) is 4.82. The lowest BCUT2D eigenvalue weighted by atomic mass is 9.92. The minimum Gasteiger partial charge on any atom is -0.326 e. The number of nitrogens with one attached hydrogen (secondary N) is 2. The van der Waals surface area contributed by atoms with E-state index in [1.54, 1.807) is 39.0 Å². The maximum absolute atomic E-state index is 12.2. The second-order valence-corrected chi connectivity index (χ2v) is 11.2. The van der Waals surface area contributed by atoms with Gasteiger partial charge in [-0.2, -0.15) is 5.26 Å². The lowest BCUT2D eigenvalue weighted by Crippen LogP contribution is -2.39. The van der Waals surface area contributed by atoms with Gasteiger partial charge >= 0.3 is 0 Å². The van der Waals surface area contributed by atoms with Gasteiger partial charge in [0.25, 0.3) is 0 Å². The first-order chi connectivity index (χ1) is 14.5. The number of hydrogen-bond donors (Lipinski definition) is 2. The minimum atomic E-state index is -3.37. The van der Waals surface area contributed by atoms with E-state index >= 15 is 0 Å². The zero-order valence-electron chi connectivity index (χ0n) is 18.0. The van der Waals surface area contributed by atoms with Gasteiger partial charge in [-0.1, -0.05) is 48.0 Å². The Morgan fingerprint density at radius 2 is 1.81 bits per heavy atom. The highest BCUT2D eigenvalue weighted by atomic mass is 35.5. The summed E-state index contributed by atoms with van der Waals surface area (Å²) in [5, 5.41) is 12.8. The monoisotopic (exact) mass is 461 g/mol. The molecule has 166 valence electrons. The number of nitriles is 1. The Labute approximate surface area is 189 Å². The molecule has 2 rings (SSSR count). The van der Waals surface area contributed by atoms with Crippen LogP contribution in [0, 0.1) is 11.3 Å². The molecule has 0 aliphatic heterocycles. The van der Waals surface area contributed by atoms with E-state index in [2.05, 4.69) is 16.1 Å². The van der Waals surface area contributed by atoms with Gasteiger partial charge in [-0.05, 0) is 56.9 Å². The smallest absolute Gasteiger partial charge is 0.224 e. The Morgan fingerprint density at radius 3 is 2.39 bits per heavy atom. The summed E-state index contributed by atoms with van der Waals surface area (Å²) in [6.07, 6.45) is 1.37. The van der Waals surface area contributed by atoms with Gasteiger partial charge in [0.1, 0.15) is 0 Å². The normalized spacial score (nSPS) is 12.7. The van der Waals surface area contributed by atoms with Gasteiger partial charge in [-0.3, -0.25) is 4.79 Å². The molecule has 0 aliphatic carbocycles. The van der Waals surface area contributed by atoms with Crippen LogP contribution in [0.1, 0.15) is 57.1 Å². The zero-order valence-corrected chi connectivity index (χ0v) is 19.6.